The number of rotatable bonds is 1. The fourth-order valence-corrected chi connectivity index (χ4v) is 8.52. The summed E-state index contributed by atoms with van der Waals surface area (Å²) in [7, 11) is 0. The van der Waals surface area contributed by atoms with Crippen LogP contribution in [0.25, 0.3) is 5.69 Å². The summed E-state index contributed by atoms with van der Waals surface area (Å²) >= 11 is 0. The smallest absolute Gasteiger partial charge is 0.352 e. The van der Waals surface area contributed by atoms with Crippen LogP contribution in [0.3, 0.4) is 0 Å². The van der Waals surface area contributed by atoms with Gasteiger partial charge in [0.15, 0.2) is 0 Å². The molecule has 5 aliphatic carbocycles. The van der Waals surface area contributed by atoms with Gasteiger partial charge in [0.2, 0.25) is 0 Å². The molecule has 3 heterocycles. The van der Waals surface area contributed by atoms with Crippen molar-refractivity contribution >= 4 is 0 Å². The molecule has 4 fully saturated rings. The minimum Gasteiger partial charge on any atom is -0.389 e. The number of aromatic nitrogens is 3. The van der Waals surface area contributed by atoms with Crippen molar-refractivity contribution in [1.29, 1.82) is 0 Å². The minimum atomic E-state index is -0.421. The first kappa shape index (κ1) is 12.9. The number of aliphatic hydroxyl groups excluding tert-OH is 1. The molecule has 6 heteroatoms. The van der Waals surface area contributed by atoms with Gasteiger partial charge in [-0.05, 0) is 42.2 Å². The fraction of sp³-hybridized carbons (Fsp3) is 0.500. The summed E-state index contributed by atoms with van der Waals surface area (Å²) in [5, 5.41) is 10.3. The predicted octanol–water partition coefficient (Wildman–Crippen LogP) is 0.709. The van der Waals surface area contributed by atoms with Gasteiger partial charge in [0, 0.05) is 10.8 Å². The van der Waals surface area contributed by atoms with E-state index in [0.29, 0.717) is 29.4 Å². The first-order valence-corrected chi connectivity index (χ1v) is 9.53. The molecule has 4 saturated carbocycles. The second kappa shape index (κ2) is 3.31. The van der Waals surface area contributed by atoms with Gasteiger partial charge >= 0.3 is 11.4 Å². The molecule has 9 rings (SSSR count). The second-order valence-electron chi connectivity index (χ2n) is 9.13. The molecule has 130 valence electrons. The van der Waals surface area contributed by atoms with Crippen LogP contribution in [0.1, 0.15) is 18.5 Å². The van der Waals surface area contributed by atoms with Crippen LogP contribution < -0.4 is 11.4 Å². The summed E-state index contributed by atoms with van der Waals surface area (Å²) in [5.41, 5.74) is 0.254. The summed E-state index contributed by atoms with van der Waals surface area (Å²) in [4.78, 5) is 26.7. The van der Waals surface area contributed by atoms with Crippen LogP contribution in [0.5, 0.6) is 0 Å². The molecule has 6 nitrogen and oxygen atoms in total. The lowest BCUT2D eigenvalue weighted by Gasteiger charge is -2.49. The lowest BCUT2D eigenvalue weighted by molar-refractivity contribution is -0.00744. The monoisotopic (exact) mass is 347 g/mol. The van der Waals surface area contributed by atoms with Crippen LogP contribution in [-0.4, -0.2) is 25.1 Å². The van der Waals surface area contributed by atoms with E-state index in [-0.39, 0.29) is 34.3 Å². The Morgan fingerprint density at radius 1 is 0.962 bits per heavy atom. The summed E-state index contributed by atoms with van der Waals surface area (Å²) in [6.45, 7) is 0. The van der Waals surface area contributed by atoms with Crippen molar-refractivity contribution in [2.24, 2.45) is 34.5 Å². The van der Waals surface area contributed by atoms with Gasteiger partial charge in [-0.1, -0.05) is 30.4 Å². The minimum absolute atomic E-state index is 0.00898. The standard InChI is InChI=1S/C20H17N3O3/c24-10-6-7-19-14-11-12-13(11)16(20(14,19)8-10)23-18(26)21(9-4-2-1-3-5-9)17(25)22(23)15(12)19/h1-7,10-16,24H,8H2/t10-,11-,12+,13+,14-,15+,16+,19+,20-/m1/s1. The van der Waals surface area contributed by atoms with Crippen LogP contribution in [0, 0.1) is 34.5 Å². The van der Waals surface area contributed by atoms with E-state index in [9.17, 15) is 14.7 Å². The summed E-state index contributed by atoms with van der Waals surface area (Å²) < 4.78 is 4.93. The molecule has 1 aromatic carbocycles. The highest BCUT2D eigenvalue weighted by Crippen LogP contribution is 3.03. The molecule has 0 amide bonds. The van der Waals surface area contributed by atoms with Crippen molar-refractivity contribution < 1.29 is 5.11 Å². The van der Waals surface area contributed by atoms with Crippen LogP contribution in [0.2, 0.25) is 0 Å². The quantitative estimate of drug-likeness (QED) is 0.773. The van der Waals surface area contributed by atoms with Gasteiger partial charge in [-0.2, -0.15) is 0 Å². The Labute approximate surface area is 148 Å². The van der Waals surface area contributed by atoms with E-state index in [2.05, 4.69) is 6.08 Å². The SMILES string of the molecule is O=c1n(-c2ccccc2)c(=O)n2n1[C@H]1[C@@H]3[C@@H]4[C@@H]3[C@@H]3[C@@]15C=C[C@@H](O)C[C@]35[C@H]42. The molecule has 0 saturated heterocycles. The molecule has 1 aromatic heterocycles. The second-order valence-corrected chi connectivity index (χ2v) is 9.13. The average molecular weight is 347 g/mol. The molecule has 2 aromatic rings. The molecular formula is C20H17N3O3. The third kappa shape index (κ3) is 0.895. The maximum absolute atomic E-state index is 13.3. The zero-order valence-corrected chi connectivity index (χ0v) is 13.9. The van der Waals surface area contributed by atoms with Gasteiger partial charge in [0.05, 0.1) is 23.9 Å². The van der Waals surface area contributed by atoms with Crippen molar-refractivity contribution in [1.82, 2.24) is 13.9 Å². The number of benzene rings is 1. The zero-order valence-electron chi connectivity index (χ0n) is 13.9. The number of allylic oxidation sites excluding steroid dienone is 1. The van der Waals surface area contributed by atoms with Crippen LogP contribution in [0.15, 0.2) is 52.1 Å². The van der Waals surface area contributed by atoms with Gasteiger partial charge in [-0.15, -0.1) is 0 Å². The summed E-state index contributed by atoms with van der Waals surface area (Å²) in [6, 6.07) is 9.41. The van der Waals surface area contributed by atoms with E-state index in [0.717, 1.165) is 6.42 Å². The Hall–Kier alpha value is -2.34. The molecular weight excluding hydrogens is 330 g/mol. The molecule has 0 radical (unpaired) electrons. The summed E-state index contributed by atoms with van der Waals surface area (Å²) in [6.07, 6.45) is 4.47. The lowest BCUT2D eigenvalue weighted by Crippen LogP contribution is -2.53. The fourth-order valence-electron chi connectivity index (χ4n) is 8.52. The molecule has 2 spiro atoms. The average Bonchev–Trinajstić information content (AvgIpc) is 3.40. The molecule has 2 bridgehead atoms. The molecule has 0 unspecified atom stereocenters. The van der Waals surface area contributed by atoms with Gasteiger partial charge in [-0.3, -0.25) is 0 Å². The number of nitrogens with zero attached hydrogens (tertiary/aromatic N) is 3. The zero-order chi connectivity index (χ0) is 17.2. The summed E-state index contributed by atoms with van der Waals surface area (Å²) in [5.74, 6) is 2.30. The largest absolute Gasteiger partial charge is 0.389 e. The number of hydrogen-bond donors (Lipinski definition) is 1. The van der Waals surface area contributed by atoms with E-state index >= 15 is 0 Å². The van der Waals surface area contributed by atoms with Gasteiger partial charge in [0.25, 0.3) is 0 Å². The third-order valence-electron chi connectivity index (χ3n) is 8.81. The normalized spacial score (nSPS) is 52.0. The third-order valence-corrected chi connectivity index (χ3v) is 8.81. The van der Waals surface area contributed by atoms with E-state index in [1.807, 2.05) is 36.4 Å². The van der Waals surface area contributed by atoms with E-state index < -0.39 is 6.10 Å². The Balaban J connectivity index is 1.47. The van der Waals surface area contributed by atoms with Crippen molar-refractivity contribution in [3.8, 4) is 5.69 Å². The lowest BCUT2D eigenvalue weighted by atomic mass is 9.67. The van der Waals surface area contributed by atoms with Crippen molar-refractivity contribution in [3.05, 3.63) is 63.5 Å². The van der Waals surface area contributed by atoms with Gasteiger partial charge < -0.3 is 5.11 Å². The Bertz CT molecular complexity index is 1190. The molecule has 9 atom stereocenters. The van der Waals surface area contributed by atoms with Crippen LogP contribution in [0.4, 0.5) is 0 Å². The van der Waals surface area contributed by atoms with Gasteiger partial charge in [0.1, 0.15) is 0 Å². The van der Waals surface area contributed by atoms with E-state index in [4.69, 9.17) is 0 Å². The molecule has 1 N–H and O–H groups in total. The maximum Gasteiger partial charge on any atom is 0.352 e. The van der Waals surface area contributed by atoms with Crippen molar-refractivity contribution in [2.75, 3.05) is 0 Å². The Morgan fingerprint density at radius 2 is 1.65 bits per heavy atom. The van der Waals surface area contributed by atoms with E-state index in [1.165, 1.54) is 4.57 Å². The highest BCUT2D eigenvalue weighted by molar-refractivity contribution is 5.54. The topological polar surface area (TPSA) is 69.2 Å². The van der Waals surface area contributed by atoms with Crippen molar-refractivity contribution in [2.45, 2.75) is 24.6 Å². The van der Waals surface area contributed by atoms with E-state index in [1.54, 1.807) is 9.36 Å². The first-order chi connectivity index (χ1) is 12.6. The molecule has 2 aliphatic heterocycles. The Kier molecular flexibility index (Phi) is 1.65. The van der Waals surface area contributed by atoms with Crippen molar-refractivity contribution in [3.63, 3.8) is 0 Å². The molecule has 26 heavy (non-hydrogen) atoms. The van der Waals surface area contributed by atoms with Crippen LogP contribution in [-0.2, 0) is 0 Å². The predicted molar refractivity (Wildman–Crippen MR) is 91.0 cm³/mol. The Morgan fingerprint density at radius 3 is 2.42 bits per heavy atom. The van der Waals surface area contributed by atoms with Crippen LogP contribution >= 0.6 is 0 Å². The van der Waals surface area contributed by atoms with Gasteiger partial charge in [-0.25, -0.2) is 23.5 Å². The number of hydrogen-bond acceptors (Lipinski definition) is 3. The number of aliphatic hydroxyl groups is 1. The first-order valence-electron chi connectivity index (χ1n) is 9.53. The highest BCUT2D eigenvalue weighted by Gasteiger charge is 3.02. The highest BCUT2D eigenvalue weighted by atomic mass is 16.3. The number of para-hydroxylation sites is 1. The molecule has 7 aliphatic rings. The maximum atomic E-state index is 13.3.